The highest BCUT2D eigenvalue weighted by atomic mass is 16.2. The summed E-state index contributed by atoms with van der Waals surface area (Å²) in [6.45, 7) is 5.70. The van der Waals surface area contributed by atoms with Gasteiger partial charge in [0.05, 0.1) is 0 Å². The first-order valence-electron chi connectivity index (χ1n) is 4.10. The minimum Gasteiger partial charge on any atom is -0.384 e. The molecule has 0 heterocycles. The van der Waals surface area contributed by atoms with E-state index in [1.165, 1.54) is 0 Å². The van der Waals surface area contributed by atoms with Crippen LogP contribution in [0.2, 0.25) is 0 Å². The van der Waals surface area contributed by atoms with Crippen molar-refractivity contribution in [2.75, 3.05) is 6.61 Å². The van der Waals surface area contributed by atoms with Gasteiger partial charge in [-0.2, -0.15) is 0 Å². The number of rotatable bonds is 1. The summed E-state index contributed by atoms with van der Waals surface area (Å²) >= 11 is 0. The Morgan fingerprint density at radius 1 is 1.46 bits per heavy atom. The van der Waals surface area contributed by atoms with E-state index in [1.807, 2.05) is 31.2 Å². The van der Waals surface area contributed by atoms with Crippen molar-refractivity contribution >= 4 is 5.57 Å². The van der Waals surface area contributed by atoms with E-state index in [2.05, 4.69) is 18.4 Å². The molecule has 66 valence electrons. The molecule has 1 aromatic carbocycles. The standard InChI is InChI=1S/C12H12O/c1-10(2)12-8-4-3-6-11(12)7-5-9-13/h3-4,6,8,13H,1,9H2,2H3. The van der Waals surface area contributed by atoms with Crippen molar-refractivity contribution in [1.82, 2.24) is 0 Å². The van der Waals surface area contributed by atoms with Crippen LogP contribution < -0.4 is 0 Å². The van der Waals surface area contributed by atoms with Crippen LogP contribution >= 0.6 is 0 Å². The molecule has 0 aliphatic rings. The topological polar surface area (TPSA) is 20.2 Å². The lowest BCUT2D eigenvalue weighted by Gasteiger charge is -2.01. The Kier molecular flexibility index (Phi) is 3.31. The van der Waals surface area contributed by atoms with Crippen molar-refractivity contribution in [3.8, 4) is 11.8 Å². The van der Waals surface area contributed by atoms with Gasteiger partial charge in [0.25, 0.3) is 0 Å². The van der Waals surface area contributed by atoms with Gasteiger partial charge < -0.3 is 5.11 Å². The predicted octanol–water partition coefficient (Wildman–Crippen LogP) is 2.06. The lowest BCUT2D eigenvalue weighted by atomic mass is 10.0. The molecule has 1 nitrogen and oxygen atoms in total. The monoisotopic (exact) mass is 172 g/mol. The van der Waals surface area contributed by atoms with Gasteiger partial charge in [0.2, 0.25) is 0 Å². The molecule has 13 heavy (non-hydrogen) atoms. The molecule has 1 N–H and O–H groups in total. The third-order valence-electron chi connectivity index (χ3n) is 1.69. The van der Waals surface area contributed by atoms with Gasteiger partial charge in [0.15, 0.2) is 0 Å². The van der Waals surface area contributed by atoms with Crippen LogP contribution in [0.1, 0.15) is 18.1 Å². The van der Waals surface area contributed by atoms with Gasteiger partial charge in [-0.1, -0.05) is 36.6 Å². The lowest BCUT2D eigenvalue weighted by Crippen LogP contribution is -1.85. The van der Waals surface area contributed by atoms with Gasteiger partial charge in [-0.3, -0.25) is 0 Å². The molecular formula is C12H12O. The number of hydrogen-bond donors (Lipinski definition) is 1. The molecule has 0 aromatic heterocycles. The van der Waals surface area contributed by atoms with E-state index in [4.69, 9.17) is 5.11 Å². The summed E-state index contributed by atoms with van der Waals surface area (Å²) in [5.74, 6) is 5.51. The van der Waals surface area contributed by atoms with Crippen LogP contribution in [0.3, 0.4) is 0 Å². The largest absolute Gasteiger partial charge is 0.384 e. The third-order valence-corrected chi connectivity index (χ3v) is 1.69. The fourth-order valence-electron chi connectivity index (χ4n) is 1.10. The van der Waals surface area contributed by atoms with Crippen molar-refractivity contribution in [1.29, 1.82) is 0 Å². The summed E-state index contributed by atoms with van der Waals surface area (Å²) in [5, 5.41) is 8.56. The van der Waals surface area contributed by atoms with E-state index in [9.17, 15) is 0 Å². The van der Waals surface area contributed by atoms with Crippen LogP contribution in [0.5, 0.6) is 0 Å². The van der Waals surface area contributed by atoms with E-state index in [1.54, 1.807) is 0 Å². The zero-order valence-electron chi connectivity index (χ0n) is 7.67. The molecule has 0 spiro atoms. The molecule has 0 aliphatic carbocycles. The number of benzene rings is 1. The van der Waals surface area contributed by atoms with Gasteiger partial charge in [-0.05, 0) is 24.1 Å². The molecule has 1 aromatic rings. The Morgan fingerprint density at radius 3 is 2.77 bits per heavy atom. The van der Waals surface area contributed by atoms with Crippen LogP contribution in [0.4, 0.5) is 0 Å². The zero-order valence-corrected chi connectivity index (χ0v) is 7.67. The van der Waals surface area contributed by atoms with Crippen molar-refractivity contribution in [3.63, 3.8) is 0 Å². The SMILES string of the molecule is C=C(C)c1ccccc1C#CCO. The fourth-order valence-corrected chi connectivity index (χ4v) is 1.10. The van der Waals surface area contributed by atoms with Crippen molar-refractivity contribution in [2.24, 2.45) is 0 Å². The first kappa shape index (κ1) is 9.57. The van der Waals surface area contributed by atoms with E-state index in [0.717, 1.165) is 16.7 Å². The first-order chi connectivity index (χ1) is 6.25. The average Bonchev–Trinajstić information content (AvgIpc) is 2.15. The second-order valence-corrected chi connectivity index (χ2v) is 2.79. The van der Waals surface area contributed by atoms with Gasteiger partial charge >= 0.3 is 0 Å². The number of aliphatic hydroxyl groups is 1. The first-order valence-corrected chi connectivity index (χ1v) is 4.10. The summed E-state index contributed by atoms with van der Waals surface area (Å²) in [7, 11) is 0. The van der Waals surface area contributed by atoms with Crippen LogP contribution in [-0.2, 0) is 0 Å². The van der Waals surface area contributed by atoms with Gasteiger partial charge in [-0.25, -0.2) is 0 Å². The molecule has 0 saturated heterocycles. The molecule has 0 amide bonds. The highest BCUT2D eigenvalue weighted by Gasteiger charge is 1.97. The smallest absolute Gasteiger partial charge is 0.104 e. The fraction of sp³-hybridized carbons (Fsp3) is 0.167. The molecule has 0 fully saturated rings. The number of allylic oxidation sites excluding steroid dienone is 1. The van der Waals surface area contributed by atoms with Crippen LogP contribution in [-0.4, -0.2) is 11.7 Å². The predicted molar refractivity (Wildman–Crippen MR) is 55.1 cm³/mol. The van der Waals surface area contributed by atoms with Crippen LogP contribution in [0.25, 0.3) is 5.57 Å². The maximum absolute atomic E-state index is 8.56. The maximum atomic E-state index is 8.56. The molecule has 0 unspecified atom stereocenters. The zero-order chi connectivity index (χ0) is 9.68. The highest BCUT2D eigenvalue weighted by Crippen LogP contribution is 2.15. The Bertz CT molecular complexity index is 366. The molecule has 0 atom stereocenters. The second kappa shape index (κ2) is 4.49. The Labute approximate surface area is 78.7 Å². The van der Waals surface area contributed by atoms with Crippen molar-refractivity contribution in [2.45, 2.75) is 6.92 Å². The summed E-state index contributed by atoms with van der Waals surface area (Å²) in [6, 6.07) is 7.78. The summed E-state index contributed by atoms with van der Waals surface area (Å²) in [6.07, 6.45) is 0. The molecule has 0 saturated carbocycles. The Balaban J connectivity index is 3.12. The molecule has 0 aliphatic heterocycles. The minimum atomic E-state index is -0.107. The normalized spacial score (nSPS) is 8.77. The van der Waals surface area contributed by atoms with E-state index >= 15 is 0 Å². The Hall–Kier alpha value is -1.52. The van der Waals surface area contributed by atoms with Crippen molar-refractivity contribution < 1.29 is 5.11 Å². The molecule has 0 bridgehead atoms. The summed E-state index contributed by atoms with van der Waals surface area (Å²) in [4.78, 5) is 0. The van der Waals surface area contributed by atoms with E-state index < -0.39 is 0 Å². The molecule has 1 rings (SSSR count). The van der Waals surface area contributed by atoms with Crippen molar-refractivity contribution in [3.05, 3.63) is 42.0 Å². The summed E-state index contributed by atoms with van der Waals surface area (Å²) in [5.41, 5.74) is 2.95. The van der Waals surface area contributed by atoms with Gasteiger partial charge in [0.1, 0.15) is 6.61 Å². The summed E-state index contributed by atoms with van der Waals surface area (Å²) < 4.78 is 0. The quantitative estimate of drug-likeness (QED) is 0.643. The second-order valence-electron chi connectivity index (χ2n) is 2.79. The lowest BCUT2D eigenvalue weighted by molar-refractivity contribution is 0.350. The maximum Gasteiger partial charge on any atom is 0.104 e. The molecule has 1 heteroatoms. The molecule has 0 radical (unpaired) electrons. The third kappa shape index (κ3) is 2.47. The number of aliphatic hydroxyl groups excluding tert-OH is 1. The van der Waals surface area contributed by atoms with Gasteiger partial charge in [0, 0.05) is 5.56 Å². The average molecular weight is 172 g/mol. The molecular weight excluding hydrogens is 160 g/mol. The van der Waals surface area contributed by atoms with E-state index in [-0.39, 0.29) is 6.61 Å². The van der Waals surface area contributed by atoms with Crippen LogP contribution in [0.15, 0.2) is 30.8 Å². The van der Waals surface area contributed by atoms with Crippen LogP contribution in [0, 0.1) is 11.8 Å². The van der Waals surface area contributed by atoms with Gasteiger partial charge in [-0.15, -0.1) is 0 Å². The highest BCUT2D eigenvalue weighted by molar-refractivity contribution is 5.67. The Morgan fingerprint density at radius 2 is 2.15 bits per heavy atom. The minimum absolute atomic E-state index is 0.107. The number of hydrogen-bond acceptors (Lipinski definition) is 1. The van der Waals surface area contributed by atoms with E-state index in [0.29, 0.717) is 0 Å².